The van der Waals surface area contributed by atoms with Crippen molar-refractivity contribution in [3.63, 3.8) is 0 Å². The zero-order valence-corrected chi connectivity index (χ0v) is 17.5. The fraction of sp³-hybridized carbons (Fsp3) is 0.273. The molecule has 0 saturated carbocycles. The van der Waals surface area contributed by atoms with E-state index in [0.29, 0.717) is 34.6 Å². The second-order valence-electron chi connectivity index (χ2n) is 7.78. The summed E-state index contributed by atoms with van der Waals surface area (Å²) >= 11 is 5.87. The van der Waals surface area contributed by atoms with Gasteiger partial charge in [0, 0.05) is 42.5 Å². The lowest BCUT2D eigenvalue weighted by Crippen LogP contribution is -2.34. The lowest BCUT2D eigenvalue weighted by molar-refractivity contribution is 0.489. The van der Waals surface area contributed by atoms with E-state index in [2.05, 4.69) is 24.8 Å². The summed E-state index contributed by atoms with van der Waals surface area (Å²) in [6, 6.07) is 4.97. The summed E-state index contributed by atoms with van der Waals surface area (Å²) < 4.78 is 16.2. The smallest absolute Gasteiger partial charge is 0.225 e. The first-order valence-corrected chi connectivity index (χ1v) is 10.5. The van der Waals surface area contributed by atoms with E-state index in [9.17, 15) is 4.39 Å². The van der Waals surface area contributed by atoms with Crippen LogP contribution in [0.5, 0.6) is 0 Å². The van der Waals surface area contributed by atoms with Gasteiger partial charge in [0.15, 0.2) is 0 Å². The van der Waals surface area contributed by atoms with Gasteiger partial charge >= 0.3 is 0 Å². The molecule has 0 aliphatic carbocycles. The molecule has 31 heavy (non-hydrogen) atoms. The molecule has 5 rings (SSSR count). The van der Waals surface area contributed by atoms with Crippen molar-refractivity contribution in [2.75, 3.05) is 23.7 Å². The predicted octanol–water partition coefficient (Wildman–Crippen LogP) is 4.03. The third-order valence-electron chi connectivity index (χ3n) is 5.70. The molecule has 1 fully saturated rings. The average molecular weight is 438 g/mol. The Labute approximate surface area is 183 Å². The first-order valence-electron chi connectivity index (χ1n) is 10.1. The van der Waals surface area contributed by atoms with E-state index in [1.54, 1.807) is 24.7 Å². The molecule has 0 amide bonds. The van der Waals surface area contributed by atoms with Crippen LogP contribution in [0.1, 0.15) is 30.1 Å². The zero-order chi connectivity index (χ0) is 21.4. The Kier molecular flexibility index (Phi) is 5.15. The van der Waals surface area contributed by atoms with Crippen LogP contribution in [0, 0.1) is 5.82 Å². The van der Waals surface area contributed by atoms with Gasteiger partial charge in [-0.05, 0) is 31.0 Å². The van der Waals surface area contributed by atoms with Crippen molar-refractivity contribution < 1.29 is 4.39 Å². The van der Waals surface area contributed by atoms with E-state index >= 15 is 0 Å². The molecule has 1 aromatic carbocycles. The van der Waals surface area contributed by atoms with Gasteiger partial charge < -0.3 is 15.2 Å². The molecule has 0 atom stereocenters. The molecule has 0 unspecified atom stereocenters. The van der Waals surface area contributed by atoms with Gasteiger partial charge in [0.05, 0.1) is 47.1 Å². The fourth-order valence-corrected chi connectivity index (χ4v) is 4.22. The number of nitrogens with zero attached hydrogens (tertiary/aromatic N) is 6. The molecule has 1 saturated heterocycles. The minimum absolute atomic E-state index is 0.332. The summed E-state index contributed by atoms with van der Waals surface area (Å²) in [4.78, 5) is 20.0. The third kappa shape index (κ3) is 4.03. The number of rotatable bonds is 4. The number of halogens is 2. The van der Waals surface area contributed by atoms with Crippen LogP contribution in [0.25, 0.3) is 10.9 Å². The van der Waals surface area contributed by atoms with E-state index in [-0.39, 0.29) is 5.82 Å². The van der Waals surface area contributed by atoms with Gasteiger partial charge in [-0.1, -0.05) is 11.6 Å². The Hall–Kier alpha value is -3.26. The van der Waals surface area contributed by atoms with Crippen LogP contribution in [0.3, 0.4) is 0 Å². The van der Waals surface area contributed by atoms with Gasteiger partial charge in [-0.2, -0.15) is 0 Å². The molecule has 1 aliphatic heterocycles. The first kappa shape index (κ1) is 19.7. The minimum atomic E-state index is -0.332. The van der Waals surface area contributed by atoms with Crippen molar-refractivity contribution in [3.05, 3.63) is 71.4 Å². The number of aromatic nitrogens is 5. The minimum Gasteiger partial charge on any atom is -0.399 e. The number of nitrogen functional groups attached to an aromatic ring is 1. The summed E-state index contributed by atoms with van der Waals surface area (Å²) in [6.45, 7) is 2.16. The van der Waals surface area contributed by atoms with Crippen molar-refractivity contribution in [2.45, 2.75) is 25.3 Å². The lowest BCUT2D eigenvalue weighted by atomic mass is 9.94. The molecule has 4 aromatic rings. The Morgan fingerprint density at radius 2 is 1.81 bits per heavy atom. The van der Waals surface area contributed by atoms with Gasteiger partial charge in [0.2, 0.25) is 5.95 Å². The van der Waals surface area contributed by atoms with Crippen LogP contribution in [-0.2, 0) is 6.54 Å². The molecule has 9 heteroatoms. The summed E-state index contributed by atoms with van der Waals surface area (Å²) in [5.41, 5.74) is 8.44. The molecule has 4 heterocycles. The average Bonchev–Trinajstić information content (AvgIpc) is 3.18. The van der Waals surface area contributed by atoms with Crippen molar-refractivity contribution in [1.82, 2.24) is 24.5 Å². The monoisotopic (exact) mass is 437 g/mol. The second-order valence-corrected chi connectivity index (χ2v) is 8.22. The van der Waals surface area contributed by atoms with E-state index in [1.807, 2.05) is 23.0 Å². The summed E-state index contributed by atoms with van der Waals surface area (Å²) in [5, 5.41) is 1.31. The summed E-state index contributed by atoms with van der Waals surface area (Å²) in [7, 11) is 0. The Morgan fingerprint density at radius 3 is 2.52 bits per heavy atom. The van der Waals surface area contributed by atoms with E-state index < -0.39 is 0 Å². The highest BCUT2D eigenvalue weighted by atomic mass is 35.5. The molecule has 0 bridgehead atoms. The highest BCUT2D eigenvalue weighted by molar-refractivity contribution is 6.30. The van der Waals surface area contributed by atoms with Crippen LogP contribution in [0.4, 0.5) is 16.0 Å². The normalized spacial score (nSPS) is 15.0. The van der Waals surface area contributed by atoms with Crippen LogP contribution in [0.15, 0.2) is 49.2 Å². The van der Waals surface area contributed by atoms with Gasteiger partial charge in [-0.15, -0.1) is 0 Å². The molecule has 2 N–H and O–H groups in total. The van der Waals surface area contributed by atoms with Crippen molar-refractivity contribution in [2.24, 2.45) is 0 Å². The maximum absolute atomic E-state index is 14.4. The third-order valence-corrected chi connectivity index (χ3v) is 5.89. The molecule has 1 aliphatic rings. The maximum Gasteiger partial charge on any atom is 0.225 e. The SMILES string of the molecule is Nc1cc(F)c2c(ccn2Cc2cnc(C3CCN(c4ncc(Cl)cn4)CC3)cn2)c1. The number of hydrogen-bond donors (Lipinski definition) is 1. The first-order chi connectivity index (χ1) is 15.1. The Bertz CT molecular complexity index is 1200. The van der Waals surface area contributed by atoms with Gasteiger partial charge in [0.25, 0.3) is 0 Å². The van der Waals surface area contributed by atoms with Crippen LogP contribution in [0.2, 0.25) is 5.02 Å². The molecular formula is C22H21ClFN7. The van der Waals surface area contributed by atoms with Gasteiger partial charge in [0.1, 0.15) is 5.82 Å². The van der Waals surface area contributed by atoms with E-state index in [1.165, 1.54) is 6.07 Å². The molecule has 7 nitrogen and oxygen atoms in total. The largest absolute Gasteiger partial charge is 0.399 e. The lowest BCUT2D eigenvalue weighted by Gasteiger charge is -2.31. The number of hydrogen-bond acceptors (Lipinski definition) is 6. The Balaban J connectivity index is 1.25. The summed E-state index contributed by atoms with van der Waals surface area (Å²) in [6.07, 6.45) is 10.6. The second kappa shape index (κ2) is 8.11. The van der Waals surface area contributed by atoms with E-state index in [0.717, 1.165) is 42.7 Å². The number of fused-ring (bicyclic) bond motifs is 1. The molecular weight excluding hydrogens is 417 g/mol. The van der Waals surface area contributed by atoms with Crippen molar-refractivity contribution in [1.29, 1.82) is 0 Å². The van der Waals surface area contributed by atoms with Gasteiger partial charge in [-0.25, -0.2) is 14.4 Å². The number of nitrogens with two attached hydrogens (primary N) is 1. The molecule has 158 valence electrons. The van der Waals surface area contributed by atoms with Crippen LogP contribution in [-0.4, -0.2) is 37.6 Å². The number of benzene rings is 1. The molecule has 0 spiro atoms. The quantitative estimate of drug-likeness (QED) is 0.485. The highest BCUT2D eigenvalue weighted by Gasteiger charge is 2.23. The predicted molar refractivity (Wildman–Crippen MR) is 119 cm³/mol. The maximum atomic E-state index is 14.4. The number of piperidine rings is 1. The highest BCUT2D eigenvalue weighted by Crippen LogP contribution is 2.28. The zero-order valence-electron chi connectivity index (χ0n) is 16.7. The fourth-order valence-electron chi connectivity index (χ4n) is 4.12. The van der Waals surface area contributed by atoms with Crippen LogP contribution >= 0.6 is 11.6 Å². The van der Waals surface area contributed by atoms with Gasteiger partial charge in [-0.3, -0.25) is 9.97 Å². The van der Waals surface area contributed by atoms with Crippen molar-refractivity contribution in [3.8, 4) is 0 Å². The van der Waals surface area contributed by atoms with E-state index in [4.69, 9.17) is 17.3 Å². The summed E-state index contributed by atoms with van der Waals surface area (Å²) in [5.74, 6) is 0.719. The number of anilines is 2. The molecule has 3 aromatic heterocycles. The van der Waals surface area contributed by atoms with Crippen molar-refractivity contribution >= 4 is 34.1 Å². The van der Waals surface area contributed by atoms with Crippen LogP contribution < -0.4 is 10.6 Å². The topological polar surface area (TPSA) is 85.8 Å². The molecule has 0 radical (unpaired) electrons. The standard InChI is InChI=1S/C22H21ClFN7/c23-16-9-28-22(29-10-16)30-4-1-14(2-5-30)20-12-26-18(11-27-20)13-31-6-3-15-7-17(25)8-19(24)21(15)31/h3,6-12,14H,1-2,4-5,13,25H2. The Morgan fingerprint density at radius 1 is 1.03 bits per heavy atom.